The Morgan fingerprint density at radius 2 is 1.61 bits per heavy atom. The molecule has 164 valence electrons. The second kappa shape index (κ2) is 8.96. The van der Waals surface area contributed by atoms with Crippen LogP contribution in [-0.4, -0.2) is 34.0 Å². The molecule has 33 heavy (non-hydrogen) atoms. The number of hydrogen-bond donors (Lipinski definition) is 1. The Morgan fingerprint density at radius 1 is 0.939 bits per heavy atom. The van der Waals surface area contributed by atoms with Crippen LogP contribution in [0.3, 0.4) is 0 Å². The summed E-state index contributed by atoms with van der Waals surface area (Å²) in [6.07, 6.45) is 0.657. The molecule has 2 amide bonds. The van der Waals surface area contributed by atoms with Gasteiger partial charge in [0.1, 0.15) is 5.01 Å². The SMILES string of the molecule is CN1C(=O)c2ccccc2[C@@H](C(=O)Nc2nnc(Cc3ccccc3)s2)[C@@H]1c1ccccc1. The molecule has 7 heteroatoms. The summed E-state index contributed by atoms with van der Waals surface area (Å²) in [6.45, 7) is 0. The van der Waals surface area contributed by atoms with Crippen molar-refractivity contribution in [2.24, 2.45) is 0 Å². The normalized spacial score (nSPS) is 17.5. The molecule has 0 unspecified atom stereocenters. The number of fused-ring (bicyclic) bond motifs is 1. The first kappa shape index (κ1) is 21.0. The smallest absolute Gasteiger partial charge is 0.254 e. The van der Waals surface area contributed by atoms with Gasteiger partial charge in [-0.1, -0.05) is 90.2 Å². The fourth-order valence-electron chi connectivity index (χ4n) is 4.35. The van der Waals surface area contributed by atoms with Gasteiger partial charge in [0, 0.05) is 19.0 Å². The predicted octanol–water partition coefficient (Wildman–Crippen LogP) is 4.68. The highest BCUT2D eigenvalue weighted by atomic mass is 32.1. The highest BCUT2D eigenvalue weighted by Gasteiger charge is 2.42. The van der Waals surface area contributed by atoms with E-state index in [1.54, 1.807) is 18.0 Å². The summed E-state index contributed by atoms with van der Waals surface area (Å²) in [7, 11) is 1.75. The maximum absolute atomic E-state index is 13.6. The molecule has 1 aromatic heterocycles. The number of nitrogens with zero attached hydrogens (tertiary/aromatic N) is 3. The van der Waals surface area contributed by atoms with E-state index < -0.39 is 12.0 Å². The average Bonchev–Trinajstić information content (AvgIpc) is 3.28. The number of anilines is 1. The van der Waals surface area contributed by atoms with Crippen LogP contribution < -0.4 is 5.32 Å². The van der Waals surface area contributed by atoms with E-state index in [-0.39, 0.29) is 11.8 Å². The predicted molar refractivity (Wildman–Crippen MR) is 128 cm³/mol. The van der Waals surface area contributed by atoms with Gasteiger partial charge >= 0.3 is 0 Å². The lowest BCUT2D eigenvalue weighted by molar-refractivity contribution is -0.119. The molecule has 2 atom stereocenters. The molecule has 0 saturated carbocycles. The molecule has 1 aliphatic rings. The summed E-state index contributed by atoms with van der Waals surface area (Å²) in [4.78, 5) is 28.4. The van der Waals surface area contributed by atoms with Crippen molar-refractivity contribution in [1.29, 1.82) is 0 Å². The number of nitrogens with one attached hydrogen (secondary N) is 1. The molecule has 0 radical (unpaired) electrons. The van der Waals surface area contributed by atoms with Crippen molar-refractivity contribution < 1.29 is 9.59 Å². The lowest BCUT2D eigenvalue weighted by atomic mass is 9.79. The van der Waals surface area contributed by atoms with Crippen molar-refractivity contribution in [3.05, 3.63) is 112 Å². The van der Waals surface area contributed by atoms with E-state index in [1.807, 2.05) is 78.9 Å². The molecule has 2 heterocycles. The summed E-state index contributed by atoms with van der Waals surface area (Å²) in [5, 5.41) is 12.7. The molecule has 3 aromatic carbocycles. The van der Waals surface area contributed by atoms with E-state index in [9.17, 15) is 9.59 Å². The molecule has 0 spiro atoms. The maximum atomic E-state index is 13.6. The van der Waals surface area contributed by atoms with Crippen molar-refractivity contribution in [1.82, 2.24) is 15.1 Å². The fraction of sp³-hybridized carbons (Fsp3) is 0.154. The van der Waals surface area contributed by atoms with Crippen LogP contribution in [0.25, 0.3) is 0 Å². The van der Waals surface area contributed by atoms with Crippen LogP contribution >= 0.6 is 11.3 Å². The first-order chi connectivity index (χ1) is 16.1. The Bertz CT molecular complexity index is 1290. The monoisotopic (exact) mass is 454 g/mol. The van der Waals surface area contributed by atoms with Crippen LogP contribution in [0.1, 0.15) is 44.0 Å². The molecule has 0 saturated heterocycles. The molecule has 1 N–H and O–H groups in total. The van der Waals surface area contributed by atoms with Gasteiger partial charge in [-0.15, -0.1) is 10.2 Å². The Morgan fingerprint density at radius 3 is 2.36 bits per heavy atom. The number of hydrogen-bond acceptors (Lipinski definition) is 5. The number of carbonyl (C=O) groups is 2. The van der Waals surface area contributed by atoms with Crippen LogP contribution in [0, 0.1) is 0 Å². The molecular formula is C26H22N4O2S. The Balaban J connectivity index is 1.46. The van der Waals surface area contributed by atoms with Gasteiger partial charge in [0.2, 0.25) is 11.0 Å². The second-order valence-electron chi connectivity index (χ2n) is 7.99. The Labute approximate surface area is 195 Å². The number of benzene rings is 3. The number of likely N-dealkylation sites (N-methyl/N-ethyl adjacent to an activating group) is 1. The standard InChI is InChI=1S/C26H22N4O2S/c1-30-23(18-12-6-3-7-13-18)22(19-14-8-9-15-20(19)25(30)32)24(31)27-26-29-28-21(33-26)16-17-10-4-2-5-11-17/h2-15,22-23H,16H2,1H3,(H,27,29,31)/t22-,23+/m1/s1. The van der Waals surface area contributed by atoms with Crippen LogP contribution in [0.5, 0.6) is 0 Å². The lowest BCUT2D eigenvalue weighted by Crippen LogP contribution is -2.44. The van der Waals surface area contributed by atoms with E-state index in [0.29, 0.717) is 17.1 Å². The third kappa shape index (κ3) is 4.15. The van der Waals surface area contributed by atoms with E-state index in [4.69, 9.17) is 0 Å². The largest absolute Gasteiger partial charge is 0.334 e. The van der Waals surface area contributed by atoms with Crippen molar-refractivity contribution >= 4 is 28.3 Å². The lowest BCUT2D eigenvalue weighted by Gasteiger charge is -2.39. The summed E-state index contributed by atoms with van der Waals surface area (Å²) in [5.74, 6) is -0.879. The minimum Gasteiger partial charge on any atom is -0.334 e. The van der Waals surface area contributed by atoms with Crippen LogP contribution in [0.2, 0.25) is 0 Å². The number of amides is 2. The minimum absolute atomic E-state index is 0.0930. The number of aromatic nitrogens is 2. The van der Waals surface area contributed by atoms with Crippen molar-refractivity contribution in [2.45, 2.75) is 18.4 Å². The zero-order valence-corrected chi connectivity index (χ0v) is 18.8. The Kier molecular flexibility index (Phi) is 5.71. The quantitative estimate of drug-likeness (QED) is 0.475. The zero-order chi connectivity index (χ0) is 22.8. The summed E-state index contributed by atoms with van der Waals surface area (Å²) in [5.41, 5.74) is 3.32. The minimum atomic E-state index is -0.576. The van der Waals surface area contributed by atoms with Gasteiger partial charge < -0.3 is 4.90 Å². The van der Waals surface area contributed by atoms with Crippen molar-refractivity contribution in [2.75, 3.05) is 12.4 Å². The molecule has 0 fully saturated rings. The Hall–Kier alpha value is -3.84. The van der Waals surface area contributed by atoms with Crippen molar-refractivity contribution in [3.8, 4) is 0 Å². The maximum Gasteiger partial charge on any atom is 0.254 e. The van der Waals surface area contributed by atoms with Gasteiger partial charge in [0.25, 0.3) is 5.91 Å². The topological polar surface area (TPSA) is 75.2 Å². The van der Waals surface area contributed by atoms with Crippen molar-refractivity contribution in [3.63, 3.8) is 0 Å². The summed E-state index contributed by atoms with van der Waals surface area (Å²) >= 11 is 1.37. The zero-order valence-electron chi connectivity index (χ0n) is 18.0. The van der Waals surface area contributed by atoms with E-state index in [1.165, 1.54) is 11.3 Å². The highest BCUT2D eigenvalue weighted by molar-refractivity contribution is 7.15. The molecule has 1 aliphatic heterocycles. The van der Waals surface area contributed by atoms with E-state index in [2.05, 4.69) is 15.5 Å². The number of rotatable bonds is 5. The summed E-state index contributed by atoms with van der Waals surface area (Å²) in [6, 6.07) is 26.6. The summed E-state index contributed by atoms with van der Waals surface area (Å²) < 4.78 is 0. The first-order valence-corrected chi connectivity index (χ1v) is 11.5. The third-order valence-corrected chi connectivity index (χ3v) is 6.74. The molecule has 5 rings (SSSR count). The molecule has 0 bridgehead atoms. The van der Waals surface area contributed by atoms with Gasteiger partial charge in [-0.25, -0.2) is 0 Å². The van der Waals surface area contributed by atoms with Crippen LogP contribution in [-0.2, 0) is 11.2 Å². The van der Waals surface area contributed by atoms with Gasteiger partial charge in [0.05, 0.1) is 12.0 Å². The number of carbonyl (C=O) groups excluding carboxylic acids is 2. The molecule has 0 aliphatic carbocycles. The van der Waals surface area contributed by atoms with Gasteiger partial charge in [-0.3, -0.25) is 14.9 Å². The van der Waals surface area contributed by atoms with E-state index >= 15 is 0 Å². The van der Waals surface area contributed by atoms with E-state index in [0.717, 1.165) is 21.7 Å². The van der Waals surface area contributed by atoms with Gasteiger partial charge in [-0.2, -0.15) is 0 Å². The van der Waals surface area contributed by atoms with Crippen LogP contribution in [0.15, 0.2) is 84.9 Å². The third-order valence-electron chi connectivity index (χ3n) is 5.90. The highest BCUT2D eigenvalue weighted by Crippen LogP contribution is 2.42. The molecule has 6 nitrogen and oxygen atoms in total. The fourth-order valence-corrected chi connectivity index (χ4v) is 5.13. The second-order valence-corrected chi connectivity index (χ2v) is 9.05. The van der Waals surface area contributed by atoms with Gasteiger partial charge in [0.15, 0.2) is 0 Å². The first-order valence-electron chi connectivity index (χ1n) is 10.7. The average molecular weight is 455 g/mol. The van der Waals surface area contributed by atoms with Crippen LogP contribution in [0.4, 0.5) is 5.13 Å². The molecular weight excluding hydrogens is 432 g/mol. The molecule has 4 aromatic rings. The van der Waals surface area contributed by atoms with Gasteiger partial charge in [-0.05, 0) is 22.8 Å².